The lowest BCUT2D eigenvalue weighted by atomic mass is 10.1. The van der Waals surface area contributed by atoms with Gasteiger partial charge >= 0.3 is 6.18 Å². The van der Waals surface area contributed by atoms with E-state index < -0.39 is 17.6 Å². The molecule has 4 nitrogen and oxygen atoms in total. The average molecular weight is 372 g/mol. The Morgan fingerprint density at radius 2 is 1.67 bits per heavy atom. The number of halogens is 3. The second-order valence-electron chi connectivity index (χ2n) is 5.93. The fourth-order valence-corrected chi connectivity index (χ4v) is 2.59. The van der Waals surface area contributed by atoms with Crippen LogP contribution in [0.1, 0.15) is 28.4 Å². The van der Waals surface area contributed by atoms with Crippen molar-refractivity contribution in [3.63, 3.8) is 0 Å². The first-order valence-corrected chi connectivity index (χ1v) is 8.00. The van der Waals surface area contributed by atoms with Gasteiger partial charge in [-0.25, -0.2) is 5.43 Å². The van der Waals surface area contributed by atoms with Crippen LogP contribution in [-0.2, 0) is 6.18 Å². The predicted molar refractivity (Wildman–Crippen MR) is 96.7 cm³/mol. The molecule has 0 unspecified atom stereocenters. The Labute approximate surface area is 152 Å². The van der Waals surface area contributed by atoms with Crippen LogP contribution in [-0.4, -0.2) is 16.7 Å². The van der Waals surface area contributed by atoms with Gasteiger partial charge in [0.25, 0.3) is 5.91 Å². The lowest BCUT2D eigenvalue weighted by Gasteiger charge is -2.09. The van der Waals surface area contributed by atoms with Crippen molar-refractivity contribution in [1.29, 1.82) is 0 Å². The highest BCUT2D eigenvalue weighted by Gasteiger charge is 2.30. The van der Waals surface area contributed by atoms with Crippen LogP contribution >= 0.6 is 0 Å². The summed E-state index contributed by atoms with van der Waals surface area (Å²) in [7, 11) is 0. The number of rotatable bonds is 3. The molecular formula is C20H15F3N2O2. The van der Waals surface area contributed by atoms with Crippen molar-refractivity contribution < 1.29 is 23.1 Å². The largest absolute Gasteiger partial charge is 0.507 e. The Morgan fingerprint density at radius 3 is 2.33 bits per heavy atom. The van der Waals surface area contributed by atoms with Crippen LogP contribution in [0.2, 0.25) is 0 Å². The van der Waals surface area contributed by atoms with Crippen LogP contribution in [0.5, 0.6) is 5.75 Å². The third kappa shape index (κ3) is 4.08. The quantitative estimate of drug-likeness (QED) is 0.516. The van der Waals surface area contributed by atoms with E-state index in [2.05, 4.69) is 10.5 Å². The molecule has 138 valence electrons. The molecule has 0 fully saturated rings. The summed E-state index contributed by atoms with van der Waals surface area (Å²) in [5.41, 5.74) is 1.93. The number of phenols is 1. The van der Waals surface area contributed by atoms with Gasteiger partial charge in [-0.3, -0.25) is 4.79 Å². The van der Waals surface area contributed by atoms with Gasteiger partial charge in [0, 0.05) is 0 Å². The SMILES string of the molecule is C/C(=N/NC(=O)c1cc2ccccc2cc1O)c1cccc(C(F)(F)F)c1. The first kappa shape index (κ1) is 18.4. The number of phenolic OH excluding ortho intramolecular Hbond substituents is 1. The number of nitrogens with one attached hydrogen (secondary N) is 1. The number of fused-ring (bicyclic) bond motifs is 1. The minimum Gasteiger partial charge on any atom is -0.507 e. The fraction of sp³-hybridized carbons (Fsp3) is 0.100. The van der Waals surface area contributed by atoms with Gasteiger partial charge in [-0.1, -0.05) is 36.4 Å². The number of amides is 1. The second-order valence-corrected chi connectivity index (χ2v) is 5.93. The highest BCUT2D eigenvalue weighted by Crippen LogP contribution is 2.29. The number of hydrogen-bond donors (Lipinski definition) is 2. The Balaban J connectivity index is 1.83. The van der Waals surface area contributed by atoms with Gasteiger partial charge in [0.2, 0.25) is 0 Å². The summed E-state index contributed by atoms with van der Waals surface area (Å²) in [4.78, 5) is 12.3. The molecule has 3 rings (SSSR count). The molecule has 2 N–H and O–H groups in total. The van der Waals surface area contributed by atoms with Crippen LogP contribution in [0.15, 0.2) is 65.8 Å². The zero-order valence-electron chi connectivity index (χ0n) is 14.2. The van der Waals surface area contributed by atoms with E-state index in [1.807, 2.05) is 6.07 Å². The molecule has 7 heteroatoms. The zero-order chi connectivity index (χ0) is 19.6. The minimum absolute atomic E-state index is 0.0225. The molecule has 0 spiro atoms. The van der Waals surface area contributed by atoms with Gasteiger partial charge in [-0.05, 0) is 47.5 Å². The van der Waals surface area contributed by atoms with Crippen molar-refractivity contribution >= 4 is 22.4 Å². The molecule has 0 aliphatic carbocycles. The monoisotopic (exact) mass is 372 g/mol. The third-order valence-corrected chi connectivity index (χ3v) is 4.04. The van der Waals surface area contributed by atoms with E-state index in [0.29, 0.717) is 0 Å². The van der Waals surface area contributed by atoms with Crippen molar-refractivity contribution in [2.75, 3.05) is 0 Å². The first-order valence-electron chi connectivity index (χ1n) is 8.00. The van der Waals surface area contributed by atoms with Gasteiger partial charge < -0.3 is 5.11 Å². The van der Waals surface area contributed by atoms with E-state index in [0.717, 1.165) is 22.9 Å². The molecule has 0 aliphatic rings. The van der Waals surface area contributed by atoms with E-state index >= 15 is 0 Å². The number of aromatic hydroxyl groups is 1. The van der Waals surface area contributed by atoms with Crippen molar-refractivity contribution in [3.8, 4) is 5.75 Å². The van der Waals surface area contributed by atoms with Crippen LogP contribution < -0.4 is 5.43 Å². The summed E-state index contributed by atoms with van der Waals surface area (Å²) >= 11 is 0. The minimum atomic E-state index is -4.46. The highest BCUT2D eigenvalue weighted by atomic mass is 19.4. The molecule has 0 heterocycles. The third-order valence-electron chi connectivity index (χ3n) is 4.04. The molecule has 3 aromatic carbocycles. The lowest BCUT2D eigenvalue weighted by molar-refractivity contribution is -0.137. The Kier molecular flexibility index (Phi) is 4.85. The molecule has 1 amide bonds. The maximum atomic E-state index is 12.8. The Hall–Kier alpha value is -3.35. The molecule has 0 saturated heterocycles. The number of carbonyl (C=O) groups is 1. The van der Waals surface area contributed by atoms with Crippen LogP contribution in [0.25, 0.3) is 10.8 Å². The summed E-state index contributed by atoms with van der Waals surface area (Å²) in [5, 5.41) is 15.4. The van der Waals surface area contributed by atoms with Crippen molar-refractivity contribution in [2.45, 2.75) is 13.1 Å². The van der Waals surface area contributed by atoms with Crippen molar-refractivity contribution in [1.82, 2.24) is 5.43 Å². The molecule has 0 saturated carbocycles. The molecule has 0 bridgehead atoms. The number of carbonyl (C=O) groups excluding carboxylic acids is 1. The molecule has 0 atom stereocenters. The standard InChI is InChI=1S/C20H15F3N2O2/c1-12(13-7-4-8-16(9-13)20(21,22)23)24-25-19(27)17-10-14-5-2-3-6-15(14)11-18(17)26/h2-11,26H,1H3,(H,25,27)/b24-12-. The summed E-state index contributed by atoms with van der Waals surface area (Å²) in [6.07, 6.45) is -4.46. The molecular weight excluding hydrogens is 357 g/mol. The van der Waals surface area contributed by atoms with Gasteiger partial charge in [0.1, 0.15) is 5.75 Å². The van der Waals surface area contributed by atoms with Gasteiger partial charge in [-0.15, -0.1) is 0 Å². The van der Waals surface area contributed by atoms with E-state index in [-0.39, 0.29) is 22.6 Å². The first-order chi connectivity index (χ1) is 12.8. The molecule has 0 radical (unpaired) electrons. The van der Waals surface area contributed by atoms with E-state index in [1.165, 1.54) is 31.2 Å². The lowest BCUT2D eigenvalue weighted by Crippen LogP contribution is -2.19. The maximum absolute atomic E-state index is 12.8. The summed E-state index contributed by atoms with van der Waals surface area (Å²) in [6.45, 7) is 1.48. The zero-order valence-corrected chi connectivity index (χ0v) is 14.2. The predicted octanol–water partition coefficient (Wildman–Crippen LogP) is 4.72. The smallest absolute Gasteiger partial charge is 0.416 e. The Bertz CT molecular complexity index is 1040. The highest BCUT2D eigenvalue weighted by molar-refractivity contribution is 6.03. The fourth-order valence-electron chi connectivity index (χ4n) is 2.59. The molecule has 3 aromatic rings. The number of benzene rings is 3. The van der Waals surface area contributed by atoms with Gasteiger partial charge in [-0.2, -0.15) is 18.3 Å². The van der Waals surface area contributed by atoms with Crippen LogP contribution in [0.3, 0.4) is 0 Å². The Morgan fingerprint density at radius 1 is 1.00 bits per heavy atom. The van der Waals surface area contributed by atoms with Crippen LogP contribution in [0.4, 0.5) is 13.2 Å². The second kappa shape index (κ2) is 7.11. The maximum Gasteiger partial charge on any atom is 0.416 e. The van der Waals surface area contributed by atoms with Gasteiger partial charge in [0.15, 0.2) is 0 Å². The molecule has 27 heavy (non-hydrogen) atoms. The molecule has 0 aliphatic heterocycles. The number of nitrogens with zero attached hydrogens (tertiary/aromatic N) is 1. The van der Waals surface area contributed by atoms with E-state index in [1.54, 1.807) is 18.2 Å². The van der Waals surface area contributed by atoms with Crippen molar-refractivity contribution in [2.24, 2.45) is 5.10 Å². The summed E-state index contributed by atoms with van der Waals surface area (Å²) < 4.78 is 38.4. The van der Waals surface area contributed by atoms with E-state index in [4.69, 9.17) is 0 Å². The average Bonchev–Trinajstić information content (AvgIpc) is 2.64. The van der Waals surface area contributed by atoms with Crippen molar-refractivity contribution in [3.05, 3.63) is 77.4 Å². The van der Waals surface area contributed by atoms with E-state index in [9.17, 15) is 23.1 Å². The number of hydrogen-bond acceptors (Lipinski definition) is 3. The van der Waals surface area contributed by atoms with Gasteiger partial charge in [0.05, 0.1) is 16.8 Å². The van der Waals surface area contributed by atoms with Crippen LogP contribution in [0, 0.1) is 0 Å². The number of alkyl halides is 3. The summed E-state index contributed by atoms with van der Waals surface area (Å²) in [5.74, 6) is -0.872. The normalized spacial score (nSPS) is 12.2. The number of hydrazone groups is 1. The topological polar surface area (TPSA) is 61.7 Å². The molecule has 0 aromatic heterocycles. The summed E-state index contributed by atoms with van der Waals surface area (Å²) in [6, 6.07) is 14.8.